The van der Waals surface area contributed by atoms with Gasteiger partial charge in [0, 0.05) is 11.1 Å². The van der Waals surface area contributed by atoms with Crippen molar-refractivity contribution < 1.29 is 4.42 Å². The van der Waals surface area contributed by atoms with E-state index in [0.717, 1.165) is 4.90 Å². The topological polar surface area (TPSA) is 38.9 Å². The summed E-state index contributed by atoms with van der Waals surface area (Å²) in [6.45, 7) is 0. The van der Waals surface area contributed by atoms with Gasteiger partial charge in [-0.25, -0.2) is 9.97 Å². The van der Waals surface area contributed by atoms with Gasteiger partial charge in [-0.3, -0.25) is 0 Å². The first kappa shape index (κ1) is 6.73. The maximum Gasteiger partial charge on any atom is 0.212 e. The summed E-state index contributed by atoms with van der Waals surface area (Å²) >= 11 is 4.12. The first-order chi connectivity index (χ1) is 5.25. The molecule has 0 N–H and O–H groups in total. The Balaban J connectivity index is 2.82. The van der Waals surface area contributed by atoms with Gasteiger partial charge in [-0.1, -0.05) is 0 Å². The number of hydrogen-bond acceptors (Lipinski definition) is 4. The summed E-state index contributed by atoms with van der Waals surface area (Å²) in [6.07, 6.45) is 1.65. The summed E-state index contributed by atoms with van der Waals surface area (Å²) in [4.78, 5) is 8.85. The molecule has 2 heterocycles. The zero-order valence-electron chi connectivity index (χ0n) is 5.90. The van der Waals surface area contributed by atoms with Crippen LogP contribution in [-0.4, -0.2) is 17.8 Å². The van der Waals surface area contributed by atoms with Crippen LogP contribution in [0.4, 0.5) is 0 Å². The lowest BCUT2D eigenvalue weighted by molar-refractivity contribution is 0.643. The summed E-state index contributed by atoms with van der Waals surface area (Å²) in [6, 6.07) is 1.80. The van der Waals surface area contributed by atoms with E-state index in [4.69, 9.17) is 4.42 Å². The second kappa shape index (κ2) is 2.27. The number of pyridine rings is 1. The van der Waals surface area contributed by atoms with Gasteiger partial charge in [0.2, 0.25) is 7.85 Å². The van der Waals surface area contributed by atoms with Gasteiger partial charge in [0.25, 0.3) is 0 Å². The molecule has 5 heteroatoms. The minimum absolute atomic E-state index is 0.631. The number of thiol groups is 1. The number of rotatable bonds is 0. The van der Waals surface area contributed by atoms with Gasteiger partial charge < -0.3 is 4.42 Å². The summed E-state index contributed by atoms with van der Waals surface area (Å²) < 4.78 is 5.23. The first-order valence-electron chi connectivity index (χ1n) is 3.18. The largest absolute Gasteiger partial charge is 0.450 e. The van der Waals surface area contributed by atoms with Gasteiger partial charge in [-0.2, -0.15) is 0 Å². The van der Waals surface area contributed by atoms with E-state index in [2.05, 4.69) is 22.6 Å². The van der Waals surface area contributed by atoms with Crippen molar-refractivity contribution >= 4 is 37.5 Å². The predicted molar refractivity (Wildman–Crippen MR) is 47.2 cm³/mol. The van der Waals surface area contributed by atoms with Crippen molar-refractivity contribution in [2.45, 2.75) is 4.90 Å². The van der Waals surface area contributed by atoms with E-state index >= 15 is 0 Å². The Morgan fingerprint density at radius 2 is 2.36 bits per heavy atom. The fourth-order valence-electron chi connectivity index (χ4n) is 0.917. The lowest BCUT2D eigenvalue weighted by Gasteiger charge is -1.86. The molecule has 0 aliphatic heterocycles. The fraction of sp³-hybridized carbons (Fsp3) is 0. The van der Waals surface area contributed by atoms with Crippen LogP contribution in [0.1, 0.15) is 0 Å². The summed E-state index contributed by atoms with van der Waals surface area (Å²) in [7, 11) is 1.79. The second-order valence-corrected chi connectivity index (χ2v) is 2.76. The van der Waals surface area contributed by atoms with E-state index in [0.29, 0.717) is 17.0 Å². The standard InChI is InChI=1S/C6H5BN2OS/c7-6-9-5-4(10-6)1-3(11)2-8-5/h1-2,11H,7H2. The third-order valence-corrected chi connectivity index (χ3v) is 1.58. The normalized spacial score (nSPS) is 10.6. The number of fused-ring (bicyclic) bond motifs is 1. The zero-order chi connectivity index (χ0) is 7.84. The molecule has 2 aromatic rings. The van der Waals surface area contributed by atoms with Gasteiger partial charge >= 0.3 is 0 Å². The van der Waals surface area contributed by atoms with Crippen LogP contribution in [0.25, 0.3) is 11.2 Å². The van der Waals surface area contributed by atoms with E-state index < -0.39 is 0 Å². The number of nitrogens with zero attached hydrogens (tertiary/aromatic N) is 2. The Kier molecular flexibility index (Phi) is 1.39. The smallest absolute Gasteiger partial charge is 0.212 e. The van der Waals surface area contributed by atoms with E-state index in [1.54, 1.807) is 20.1 Å². The Morgan fingerprint density at radius 1 is 1.55 bits per heavy atom. The van der Waals surface area contributed by atoms with Crippen molar-refractivity contribution in [1.82, 2.24) is 9.97 Å². The molecule has 0 fully saturated rings. The van der Waals surface area contributed by atoms with Gasteiger partial charge in [0.05, 0.1) is 0 Å². The number of oxazole rings is 1. The molecule has 0 saturated carbocycles. The molecule has 0 amide bonds. The molecule has 0 aliphatic rings. The van der Waals surface area contributed by atoms with Crippen LogP contribution in [0, 0.1) is 0 Å². The molecule has 0 radical (unpaired) electrons. The Morgan fingerprint density at radius 3 is 3.18 bits per heavy atom. The predicted octanol–water partition coefficient (Wildman–Crippen LogP) is -0.230. The zero-order valence-corrected chi connectivity index (χ0v) is 6.80. The van der Waals surface area contributed by atoms with Crippen molar-refractivity contribution in [1.29, 1.82) is 0 Å². The van der Waals surface area contributed by atoms with E-state index in [1.807, 2.05) is 0 Å². The maximum absolute atomic E-state index is 5.23. The van der Waals surface area contributed by atoms with Crippen LogP contribution in [0.2, 0.25) is 0 Å². The average molecular weight is 164 g/mol. The van der Waals surface area contributed by atoms with Crippen LogP contribution < -0.4 is 5.79 Å². The van der Waals surface area contributed by atoms with Crippen LogP contribution in [0.3, 0.4) is 0 Å². The maximum atomic E-state index is 5.23. The highest BCUT2D eigenvalue weighted by molar-refractivity contribution is 7.80. The van der Waals surface area contributed by atoms with E-state index in [-0.39, 0.29) is 0 Å². The Hall–Kier alpha value is -0.965. The van der Waals surface area contributed by atoms with Crippen molar-refractivity contribution in [3.05, 3.63) is 12.3 Å². The van der Waals surface area contributed by atoms with Gasteiger partial charge in [-0.15, -0.1) is 12.6 Å². The first-order valence-corrected chi connectivity index (χ1v) is 3.62. The Labute approximate surface area is 69.7 Å². The number of aromatic nitrogens is 2. The van der Waals surface area contributed by atoms with Crippen molar-refractivity contribution in [2.75, 3.05) is 0 Å². The minimum atomic E-state index is 0.631. The molecule has 0 unspecified atom stereocenters. The van der Waals surface area contributed by atoms with Gasteiger partial charge in [-0.05, 0) is 6.07 Å². The van der Waals surface area contributed by atoms with Gasteiger partial charge in [0.1, 0.15) is 5.79 Å². The monoisotopic (exact) mass is 164 g/mol. The molecular weight excluding hydrogens is 159 g/mol. The molecule has 0 aliphatic carbocycles. The molecule has 2 rings (SSSR count). The Bertz CT molecular complexity index is 400. The molecular formula is C6H5BN2OS. The second-order valence-electron chi connectivity index (χ2n) is 2.25. The van der Waals surface area contributed by atoms with Crippen LogP contribution >= 0.6 is 12.6 Å². The van der Waals surface area contributed by atoms with Crippen molar-refractivity contribution in [2.24, 2.45) is 0 Å². The fourth-order valence-corrected chi connectivity index (χ4v) is 1.09. The highest BCUT2D eigenvalue weighted by Crippen LogP contribution is 2.11. The minimum Gasteiger partial charge on any atom is -0.450 e. The third-order valence-electron chi connectivity index (χ3n) is 1.34. The molecule has 0 bridgehead atoms. The lowest BCUT2D eigenvalue weighted by atomic mass is 10.2. The van der Waals surface area contributed by atoms with Crippen molar-refractivity contribution in [3.63, 3.8) is 0 Å². The van der Waals surface area contributed by atoms with Crippen LogP contribution in [0.5, 0.6) is 0 Å². The quantitative estimate of drug-likeness (QED) is 0.431. The molecule has 3 nitrogen and oxygen atoms in total. The highest BCUT2D eigenvalue weighted by atomic mass is 32.1. The summed E-state index contributed by atoms with van der Waals surface area (Å²) in [5, 5.41) is 0. The highest BCUT2D eigenvalue weighted by Gasteiger charge is 2.01. The molecule has 0 saturated heterocycles. The summed E-state index contributed by atoms with van der Waals surface area (Å²) in [5.41, 5.74) is 1.33. The van der Waals surface area contributed by atoms with Crippen LogP contribution in [0.15, 0.2) is 21.6 Å². The SMILES string of the molecule is Bc1nc2ncc(S)cc2o1. The molecule has 11 heavy (non-hydrogen) atoms. The molecule has 54 valence electrons. The molecule has 0 spiro atoms. The van der Waals surface area contributed by atoms with Crippen LogP contribution in [-0.2, 0) is 0 Å². The van der Waals surface area contributed by atoms with E-state index in [9.17, 15) is 0 Å². The lowest BCUT2D eigenvalue weighted by Crippen LogP contribution is -1.99. The molecule has 0 aromatic carbocycles. The number of hydrogen-bond donors (Lipinski definition) is 1. The molecule has 0 atom stereocenters. The average Bonchev–Trinajstić information content (AvgIpc) is 2.27. The van der Waals surface area contributed by atoms with Gasteiger partial charge in [0.15, 0.2) is 11.2 Å². The van der Waals surface area contributed by atoms with Crippen molar-refractivity contribution in [3.8, 4) is 0 Å². The molecule has 2 aromatic heterocycles. The van der Waals surface area contributed by atoms with E-state index in [1.165, 1.54) is 0 Å². The summed E-state index contributed by atoms with van der Waals surface area (Å²) in [5.74, 6) is 0.631. The third kappa shape index (κ3) is 1.11.